The molecule has 4 aliphatic heterocycles. The number of carbonyl (C=O) groups excluding carboxylic acids is 10. The van der Waals surface area contributed by atoms with E-state index in [2.05, 4.69) is 32.9 Å². The van der Waals surface area contributed by atoms with Crippen LogP contribution in [-0.2, 0) is 106 Å². The molecule has 2 N–H and O–H groups in total. The van der Waals surface area contributed by atoms with Crippen molar-refractivity contribution >= 4 is 59.2 Å². The fourth-order valence-electron chi connectivity index (χ4n) is 4.95. The van der Waals surface area contributed by atoms with Crippen LogP contribution in [0.4, 0.5) is 0 Å². The van der Waals surface area contributed by atoms with Crippen molar-refractivity contribution in [2.45, 2.75) is 81.1 Å². The number of nitrogens with zero attached hydrogens (tertiary/aromatic N) is 4. The summed E-state index contributed by atoms with van der Waals surface area (Å²) in [5, 5.41) is 18.6. The lowest BCUT2D eigenvalue weighted by Gasteiger charge is -2.32. The van der Waals surface area contributed by atoms with Crippen LogP contribution in [0.2, 0.25) is 0 Å². The van der Waals surface area contributed by atoms with E-state index in [0.29, 0.717) is 20.3 Å². The van der Waals surface area contributed by atoms with Gasteiger partial charge < -0.3 is 48.3 Å². The second-order valence-electron chi connectivity index (χ2n) is 13.2. The lowest BCUT2D eigenvalue weighted by molar-refractivity contribution is -0.395. The highest BCUT2D eigenvalue weighted by molar-refractivity contribution is 6.03. The zero-order valence-corrected chi connectivity index (χ0v) is 35.3. The van der Waals surface area contributed by atoms with Gasteiger partial charge >= 0.3 is 11.9 Å². The number of carbonyl (C=O) groups is 10. The van der Waals surface area contributed by atoms with Gasteiger partial charge in [0.15, 0.2) is 0 Å². The molecule has 0 unspecified atom stereocenters. The Balaban J connectivity index is -0.00000127. The van der Waals surface area contributed by atoms with Crippen molar-refractivity contribution in [3.63, 3.8) is 0 Å². The molecule has 4 saturated heterocycles. The number of aliphatic hydroxyl groups excluding tert-OH is 2. The van der Waals surface area contributed by atoms with Crippen molar-refractivity contribution in [2.24, 2.45) is 5.41 Å². The Morgan fingerprint density at radius 3 is 1.00 bits per heavy atom. The molecule has 4 fully saturated rings. The predicted octanol–water partition coefficient (Wildman–Crippen LogP) is 0.100. The van der Waals surface area contributed by atoms with E-state index >= 15 is 0 Å². The average Bonchev–Trinajstić information content (AvgIpc) is 4.00. The molecule has 4 rings (SSSR count). The molecule has 0 bridgehead atoms. The normalized spacial score (nSPS) is 15.2. The average molecular weight is 1000 g/mol. The standard InChI is InChI=1S/C25H34N2O14.2C6H9NO5.4CH4/c1-3-34-15-25(16-35-4-2,17-38-11-9-36-13-23(32)40-26-19(28)5-6-20(26)29)18-39-12-10-37-14-24(33)41-27-21(30)7-8-22(27)31;2*8-3-4-11-12-7-5(9)1-2-6(7)10;;;;/h3-4H,1-2,5-18H2;2*8H,1-4H2;4*1H4. The summed E-state index contributed by atoms with van der Waals surface area (Å²) in [7, 11) is 0. The van der Waals surface area contributed by atoms with E-state index in [4.69, 9.17) is 48.3 Å². The predicted molar refractivity (Wildman–Crippen MR) is 230 cm³/mol. The maximum atomic E-state index is 11.8. The zero-order chi connectivity index (χ0) is 48.0. The number of hydroxylamine groups is 8. The van der Waals surface area contributed by atoms with Crippen LogP contribution in [0.5, 0.6) is 0 Å². The number of hydrogen-bond donors (Lipinski definition) is 2. The Labute approximate surface area is 399 Å². The Morgan fingerprint density at radius 2 is 0.725 bits per heavy atom. The van der Waals surface area contributed by atoms with E-state index in [9.17, 15) is 47.9 Å². The zero-order valence-electron chi connectivity index (χ0n) is 35.3. The molecule has 0 aromatic rings. The van der Waals surface area contributed by atoms with E-state index < -0.39 is 77.8 Å². The number of aliphatic hydroxyl groups is 2. The Bertz CT molecular complexity index is 1480. The van der Waals surface area contributed by atoms with Crippen molar-refractivity contribution in [3.8, 4) is 0 Å². The van der Waals surface area contributed by atoms with Crippen molar-refractivity contribution in [3.05, 3.63) is 25.7 Å². The van der Waals surface area contributed by atoms with Gasteiger partial charge in [0.1, 0.15) is 39.6 Å². The van der Waals surface area contributed by atoms with E-state index in [1.807, 2.05) is 0 Å². The molecular weight excluding hydrogens is 932 g/mol. The summed E-state index contributed by atoms with van der Waals surface area (Å²) in [6.45, 7) is 5.93. The van der Waals surface area contributed by atoms with Crippen LogP contribution in [0.25, 0.3) is 0 Å². The molecule has 0 saturated carbocycles. The first kappa shape index (κ1) is 67.4. The highest BCUT2D eigenvalue weighted by atomic mass is 17.3. The van der Waals surface area contributed by atoms with Gasteiger partial charge in [0, 0.05) is 51.4 Å². The monoisotopic (exact) mass is 1000 g/mol. The number of imide groups is 4. The summed E-state index contributed by atoms with van der Waals surface area (Å²) in [5.74, 6) is -5.82. The molecule has 0 radical (unpaired) electrons. The Hall–Kier alpha value is -5.82. The number of amides is 8. The lowest BCUT2D eigenvalue weighted by atomic mass is 9.92. The maximum absolute atomic E-state index is 11.8. The van der Waals surface area contributed by atoms with E-state index in [0.717, 1.165) is 0 Å². The molecule has 8 amide bonds. The van der Waals surface area contributed by atoms with Crippen molar-refractivity contribution < 1.29 is 116 Å². The van der Waals surface area contributed by atoms with Crippen LogP contribution >= 0.6 is 0 Å². The minimum atomic E-state index is -0.899. The maximum Gasteiger partial charge on any atom is 0.358 e. The van der Waals surface area contributed by atoms with E-state index in [1.54, 1.807) is 0 Å². The molecule has 0 aromatic carbocycles. The van der Waals surface area contributed by atoms with Gasteiger partial charge in [-0.1, -0.05) is 42.9 Å². The van der Waals surface area contributed by atoms with Crippen LogP contribution < -0.4 is 0 Å². The van der Waals surface area contributed by atoms with Gasteiger partial charge in [-0.25, -0.2) is 19.4 Å². The van der Waals surface area contributed by atoms with Gasteiger partial charge in [-0.2, -0.15) is 0 Å². The Morgan fingerprint density at radius 1 is 0.449 bits per heavy atom. The van der Waals surface area contributed by atoms with Crippen molar-refractivity contribution in [1.82, 2.24) is 20.3 Å². The SMILES string of the molecule is C.C.C.C.C=COCC(COC=C)(COCCOCC(=O)ON1C(=O)CCC1=O)COCCOCC(=O)ON1C(=O)CCC1=O.O=C1CCC(=O)N1OOCCO.O=C1CCC(=O)N1OOCCO. The van der Waals surface area contributed by atoms with Gasteiger partial charge in [-0.15, -0.1) is 30.2 Å². The minimum absolute atomic E-state index is 0. The quantitative estimate of drug-likeness (QED) is 0.0317. The summed E-state index contributed by atoms with van der Waals surface area (Å²) in [5.41, 5.74) is -0.826. The molecule has 0 aliphatic carbocycles. The van der Waals surface area contributed by atoms with Crippen LogP contribution in [-0.4, -0.2) is 182 Å². The summed E-state index contributed by atoms with van der Waals surface area (Å²) < 4.78 is 32.4. The minimum Gasteiger partial charge on any atom is -0.501 e. The van der Waals surface area contributed by atoms with Crippen LogP contribution in [0.3, 0.4) is 0 Å². The van der Waals surface area contributed by atoms with Crippen LogP contribution in [0.15, 0.2) is 25.7 Å². The second kappa shape index (κ2) is 38.1. The fraction of sp³-hybridized carbons (Fsp3) is 0.659. The summed E-state index contributed by atoms with van der Waals surface area (Å²) >= 11 is 0. The third kappa shape index (κ3) is 25.4. The van der Waals surface area contributed by atoms with E-state index in [-0.39, 0.29) is 160 Å². The van der Waals surface area contributed by atoms with Gasteiger partial charge in [-0.3, -0.25) is 38.4 Å². The molecule has 4 heterocycles. The highest BCUT2D eigenvalue weighted by Crippen LogP contribution is 2.21. The largest absolute Gasteiger partial charge is 0.501 e. The first-order valence-corrected chi connectivity index (χ1v) is 19.6. The fourth-order valence-corrected chi connectivity index (χ4v) is 4.95. The molecule has 28 heteroatoms. The number of rotatable bonds is 30. The molecule has 0 atom stereocenters. The van der Waals surface area contributed by atoms with Crippen LogP contribution in [0, 0.1) is 5.41 Å². The summed E-state index contributed by atoms with van der Waals surface area (Å²) in [6, 6.07) is 0. The topological polar surface area (TPSA) is 335 Å². The van der Waals surface area contributed by atoms with Gasteiger partial charge in [0.25, 0.3) is 47.3 Å². The Kier molecular flexibility index (Phi) is 37.2. The summed E-state index contributed by atoms with van der Waals surface area (Å²) in [6.07, 6.45) is 3.07. The molecule has 28 nitrogen and oxygen atoms in total. The first-order valence-electron chi connectivity index (χ1n) is 19.6. The van der Waals surface area contributed by atoms with E-state index in [1.165, 1.54) is 12.5 Å². The third-order valence-corrected chi connectivity index (χ3v) is 8.03. The van der Waals surface area contributed by atoms with Gasteiger partial charge in [0.2, 0.25) is 0 Å². The molecule has 396 valence electrons. The first-order chi connectivity index (χ1) is 31.2. The molecule has 0 spiro atoms. The lowest BCUT2D eigenvalue weighted by Crippen LogP contribution is -2.41. The number of ether oxygens (including phenoxy) is 6. The van der Waals surface area contributed by atoms with Crippen molar-refractivity contribution in [2.75, 3.05) is 92.5 Å². The summed E-state index contributed by atoms with van der Waals surface area (Å²) in [4.78, 5) is 140. The highest BCUT2D eigenvalue weighted by Gasteiger charge is 2.36. The van der Waals surface area contributed by atoms with Crippen molar-refractivity contribution in [1.29, 1.82) is 0 Å². The second-order valence-corrected chi connectivity index (χ2v) is 13.2. The molecule has 69 heavy (non-hydrogen) atoms. The molecule has 0 aromatic heterocycles. The van der Waals surface area contributed by atoms with Gasteiger partial charge in [-0.05, 0) is 0 Å². The third-order valence-electron chi connectivity index (χ3n) is 8.03. The molecular formula is C41H68N4O24. The van der Waals surface area contributed by atoms with Crippen LogP contribution in [0.1, 0.15) is 81.1 Å². The number of hydrogen-bond acceptors (Lipinski definition) is 24. The smallest absolute Gasteiger partial charge is 0.358 e. The van der Waals surface area contributed by atoms with Gasteiger partial charge in [0.05, 0.1) is 70.8 Å². The molecule has 4 aliphatic rings.